The molecule has 1 aliphatic heterocycles. The normalized spacial score (nSPS) is 15.2. The number of pyridine rings is 2. The Hall–Kier alpha value is -3.15. The first-order valence-electron chi connectivity index (χ1n) is 8.72. The molecule has 1 fully saturated rings. The molecular weight excluding hydrogens is 328 g/mol. The van der Waals surface area contributed by atoms with Gasteiger partial charge >= 0.3 is 0 Å². The van der Waals surface area contributed by atoms with Gasteiger partial charge in [0.1, 0.15) is 23.4 Å². The second-order valence-electron chi connectivity index (χ2n) is 6.41. The summed E-state index contributed by atoms with van der Waals surface area (Å²) in [5, 5.41) is 1.15. The fourth-order valence-corrected chi connectivity index (χ4v) is 3.25. The molecule has 0 atom stereocenters. The van der Waals surface area contributed by atoms with Crippen molar-refractivity contribution in [2.45, 2.75) is 18.9 Å². The van der Waals surface area contributed by atoms with Crippen LogP contribution < -0.4 is 15.4 Å². The number of carbonyl (C=O) groups is 1. The van der Waals surface area contributed by atoms with E-state index >= 15 is 0 Å². The summed E-state index contributed by atoms with van der Waals surface area (Å²) in [6.45, 7) is 1.76. The van der Waals surface area contributed by atoms with Crippen molar-refractivity contribution in [1.82, 2.24) is 9.97 Å². The molecule has 2 aromatic heterocycles. The molecule has 0 bridgehead atoms. The molecular formula is C20H20N4O2. The smallest absolute Gasteiger partial charge is 0.267 e. The first-order chi connectivity index (χ1) is 12.7. The van der Waals surface area contributed by atoms with Crippen molar-refractivity contribution >= 4 is 22.6 Å². The molecule has 1 aliphatic rings. The van der Waals surface area contributed by atoms with E-state index in [9.17, 15) is 4.79 Å². The van der Waals surface area contributed by atoms with Gasteiger partial charge in [-0.05, 0) is 24.3 Å². The van der Waals surface area contributed by atoms with E-state index in [2.05, 4.69) is 28.1 Å². The lowest BCUT2D eigenvalue weighted by molar-refractivity contribution is 0.0994. The van der Waals surface area contributed by atoms with Gasteiger partial charge in [0.2, 0.25) is 0 Å². The predicted molar refractivity (Wildman–Crippen MR) is 100 cm³/mol. The number of fused-ring (bicyclic) bond motifs is 1. The summed E-state index contributed by atoms with van der Waals surface area (Å²) in [7, 11) is 0. The Balaban J connectivity index is 1.40. The summed E-state index contributed by atoms with van der Waals surface area (Å²) < 4.78 is 6.01. The number of para-hydroxylation sites is 1. The number of carbonyl (C=O) groups excluding carboxylic acids is 1. The Morgan fingerprint density at radius 2 is 1.92 bits per heavy atom. The second kappa shape index (κ2) is 7.00. The van der Waals surface area contributed by atoms with Crippen LogP contribution in [0.3, 0.4) is 0 Å². The van der Waals surface area contributed by atoms with E-state index < -0.39 is 5.91 Å². The Labute approximate surface area is 151 Å². The van der Waals surface area contributed by atoms with Gasteiger partial charge in [0.15, 0.2) is 0 Å². The third-order valence-electron chi connectivity index (χ3n) is 4.64. The fourth-order valence-electron chi connectivity index (χ4n) is 3.25. The number of nitrogens with two attached hydrogens (primary N) is 1. The number of benzene rings is 1. The molecule has 0 saturated carbocycles. The van der Waals surface area contributed by atoms with Gasteiger partial charge in [-0.15, -0.1) is 0 Å². The Morgan fingerprint density at radius 3 is 2.73 bits per heavy atom. The maximum absolute atomic E-state index is 11.2. The second-order valence-corrected chi connectivity index (χ2v) is 6.41. The number of anilines is 1. The topological polar surface area (TPSA) is 81.3 Å². The van der Waals surface area contributed by atoms with E-state index in [0.717, 1.165) is 42.7 Å². The van der Waals surface area contributed by atoms with Gasteiger partial charge in [-0.1, -0.05) is 18.2 Å². The molecule has 132 valence electrons. The zero-order valence-electron chi connectivity index (χ0n) is 14.3. The molecule has 1 saturated heterocycles. The molecule has 3 aromatic rings. The number of rotatable bonds is 4. The summed E-state index contributed by atoms with van der Waals surface area (Å²) in [5.74, 6) is 1.09. The monoisotopic (exact) mass is 348 g/mol. The van der Waals surface area contributed by atoms with Crippen LogP contribution in [-0.4, -0.2) is 35.1 Å². The minimum atomic E-state index is -0.548. The number of amides is 1. The Kier molecular flexibility index (Phi) is 4.39. The van der Waals surface area contributed by atoms with Crippen molar-refractivity contribution in [3.63, 3.8) is 0 Å². The zero-order valence-corrected chi connectivity index (χ0v) is 14.3. The van der Waals surface area contributed by atoms with Gasteiger partial charge in [0.25, 0.3) is 5.91 Å². The highest BCUT2D eigenvalue weighted by atomic mass is 16.5. The Morgan fingerprint density at radius 1 is 1.12 bits per heavy atom. The van der Waals surface area contributed by atoms with Gasteiger partial charge in [-0.3, -0.25) is 9.78 Å². The van der Waals surface area contributed by atoms with Crippen molar-refractivity contribution in [2.75, 3.05) is 18.0 Å². The van der Waals surface area contributed by atoms with Crippen LogP contribution in [0.1, 0.15) is 23.3 Å². The molecule has 1 aromatic carbocycles. The number of hydrogen-bond donors (Lipinski definition) is 1. The minimum absolute atomic E-state index is 0.106. The molecule has 26 heavy (non-hydrogen) atoms. The van der Waals surface area contributed by atoms with E-state index in [1.165, 1.54) is 0 Å². The van der Waals surface area contributed by atoms with Gasteiger partial charge in [0, 0.05) is 43.6 Å². The van der Waals surface area contributed by atoms with Crippen molar-refractivity contribution in [3.05, 3.63) is 60.4 Å². The van der Waals surface area contributed by atoms with Crippen molar-refractivity contribution in [3.8, 4) is 5.75 Å². The number of piperidine rings is 1. The lowest BCUT2D eigenvalue weighted by atomic mass is 10.1. The van der Waals surface area contributed by atoms with Crippen LogP contribution in [0.25, 0.3) is 10.9 Å². The van der Waals surface area contributed by atoms with Crippen molar-refractivity contribution < 1.29 is 9.53 Å². The third-order valence-corrected chi connectivity index (χ3v) is 4.64. The number of ether oxygens (including phenoxy) is 1. The Bertz CT molecular complexity index is 936. The van der Waals surface area contributed by atoms with Crippen LogP contribution in [0.15, 0.2) is 54.7 Å². The summed E-state index contributed by atoms with van der Waals surface area (Å²) in [6.07, 6.45) is 3.43. The molecule has 6 nitrogen and oxygen atoms in total. The van der Waals surface area contributed by atoms with Crippen LogP contribution in [0.2, 0.25) is 0 Å². The average molecular weight is 348 g/mol. The van der Waals surface area contributed by atoms with E-state index in [0.29, 0.717) is 5.75 Å². The first-order valence-corrected chi connectivity index (χ1v) is 8.72. The summed E-state index contributed by atoms with van der Waals surface area (Å²) in [4.78, 5) is 22.2. The highest BCUT2D eigenvalue weighted by Crippen LogP contribution is 2.24. The highest BCUT2D eigenvalue weighted by Gasteiger charge is 2.22. The van der Waals surface area contributed by atoms with Gasteiger partial charge < -0.3 is 15.4 Å². The molecule has 0 unspecified atom stereocenters. The molecule has 6 heteroatoms. The molecule has 4 rings (SSSR count). The van der Waals surface area contributed by atoms with Crippen molar-refractivity contribution in [1.29, 1.82) is 0 Å². The molecule has 1 amide bonds. The largest absolute Gasteiger partial charge is 0.490 e. The van der Waals surface area contributed by atoms with E-state index in [-0.39, 0.29) is 11.8 Å². The number of hydrogen-bond acceptors (Lipinski definition) is 5. The third kappa shape index (κ3) is 3.44. The summed E-state index contributed by atoms with van der Waals surface area (Å²) in [5.41, 5.74) is 6.50. The van der Waals surface area contributed by atoms with Crippen LogP contribution in [0, 0.1) is 0 Å². The lowest BCUT2D eigenvalue weighted by Gasteiger charge is -2.33. The van der Waals surface area contributed by atoms with Crippen LogP contribution in [0.4, 0.5) is 5.82 Å². The SMILES string of the molecule is NC(=O)c1cc(OC2CCN(c3ccc4ccccc4n3)CC2)ccn1. The van der Waals surface area contributed by atoms with Gasteiger partial charge in [-0.2, -0.15) is 0 Å². The van der Waals surface area contributed by atoms with E-state index in [1.54, 1.807) is 18.3 Å². The standard InChI is InChI=1S/C20H20N4O2/c21-20(25)18-13-16(7-10-22-18)26-15-8-11-24(12-9-15)19-6-5-14-3-1-2-4-17(14)23-19/h1-7,10,13,15H,8-9,11-12H2,(H2,21,25). The van der Waals surface area contributed by atoms with Crippen LogP contribution >= 0.6 is 0 Å². The maximum Gasteiger partial charge on any atom is 0.267 e. The summed E-state index contributed by atoms with van der Waals surface area (Å²) in [6, 6.07) is 15.7. The van der Waals surface area contributed by atoms with E-state index in [4.69, 9.17) is 15.5 Å². The van der Waals surface area contributed by atoms with Crippen molar-refractivity contribution in [2.24, 2.45) is 5.73 Å². The zero-order chi connectivity index (χ0) is 17.9. The van der Waals surface area contributed by atoms with Gasteiger partial charge in [0.05, 0.1) is 5.52 Å². The highest BCUT2D eigenvalue weighted by molar-refractivity contribution is 5.91. The number of nitrogens with zero attached hydrogens (tertiary/aromatic N) is 3. The lowest BCUT2D eigenvalue weighted by Crippen LogP contribution is -2.38. The van der Waals surface area contributed by atoms with E-state index in [1.807, 2.05) is 18.2 Å². The maximum atomic E-state index is 11.2. The van der Waals surface area contributed by atoms with Crippen LogP contribution in [0.5, 0.6) is 5.75 Å². The predicted octanol–water partition coefficient (Wildman–Crippen LogP) is 2.78. The quantitative estimate of drug-likeness (QED) is 0.784. The fraction of sp³-hybridized carbons (Fsp3) is 0.250. The van der Waals surface area contributed by atoms with Crippen LogP contribution in [-0.2, 0) is 0 Å². The minimum Gasteiger partial charge on any atom is -0.490 e. The average Bonchev–Trinajstić information content (AvgIpc) is 2.68. The first kappa shape index (κ1) is 16.3. The number of primary amides is 1. The number of aromatic nitrogens is 2. The summed E-state index contributed by atoms with van der Waals surface area (Å²) >= 11 is 0. The molecule has 0 aliphatic carbocycles. The molecule has 0 radical (unpaired) electrons. The molecule has 0 spiro atoms. The van der Waals surface area contributed by atoms with Gasteiger partial charge in [-0.25, -0.2) is 4.98 Å². The molecule has 3 heterocycles. The molecule has 2 N–H and O–H groups in total.